The Morgan fingerprint density at radius 1 is 1.42 bits per heavy atom. The number of imidazole rings is 1. The molecule has 2 aromatic rings. The van der Waals surface area contributed by atoms with Crippen LogP contribution in [0.5, 0.6) is 0 Å². The lowest BCUT2D eigenvalue weighted by Gasteiger charge is -1.93. The number of aromatic nitrogens is 3. The molecule has 2 aromatic heterocycles. The summed E-state index contributed by atoms with van der Waals surface area (Å²) in [4.78, 5) is 7.90. The zero-order valence-corrected chi connectivity index (χ0v) is 6.78. The van der Waals surface area contributed by atoms with E-state index in [1.165, 1.54) is 0 Å². The van der Waals surface area contributed by atoms with Crippen LogP contribution in [0.25, 0.3) is 5.65 Å². The summed E-state index contributed by atoms with van der Waals surface area (Å²) < 4.78 is 1.72. The van der Waals surface area contributed by atoms with Crippen molar-refractivity contribution in [1.29, 1.82) is 0 Å². The van der Waals surface area contributed by atoms with Gasteiger partial charge in [0.1, 0.15) is 10.8 Å². The Labute approximate surface area is 74.0 Å². The minimum absolute atomic E-state index is 0.400. The Morgan fingerprint density at radius 2 is 2.25 bits per heavy atom. The number of hydrogen-bond donors (Lipinski definition) is 0. The smallest absolute Gasteiger partial charge is 0.156 e. The second-order valence-corrected chi connectivity index (χ2v) is 2.61. The molecule has 3 nitrogen and oxygen atoms in total. The highest BCUT2D eigenvalue weighted by Gasteiger charge is 2.00. The van der Waals surface area contributed by atoms with Gasteiger partial charge in [0.05, 0.1) is 12.4 Å². The maximum Gasteiger partial charge on any atom is 0.156 e. The van der Waals surface area contributed by atoms with Crippen LogP contribution in [0.15, 0.2) is 18.6 Å². The van der Waals surface area contributed by atoms with E-state index in [9.17, 15) is 0 Å². The van der Waals surface area contributed by atoms with Crippen molar-refractivity contribution in [3.63, 3.8) is 0 Å². The topological polar surface area (TPSA) is 30.2 Å². The monoisotopic (exact) mass is 177 g/mol. The highest BCUT2D eigenvalue weighted by atomic mass is 35.5. The molecule has 2 heterocycles. The predicted octanol–water partition coefficient (Wildman–Crippen LogP) is 1.36. The first-order valence-corrected chi connectivity index (χ1v) is 3.64. The SMILES string of the molecule is C#Cc1cnc2cnc(Cl)cn12. The summed E-state index contributed by atoms with van der Waals surface area (Å²) in [6.45, 7) is 0. The molecule has 12 heavy (non-hydrogen) atoms. The van der Waals surface area contributed by atoms with Gasteiger partial charge < -0.3 is 0 Å². The molecule has 0 N–H and O–H groups in total. The first-order chi connectivity index (χ1) is 5.81. The summed E-state index contributed by atoms with van der Waals surface area (Å²) in [5.74, 6) is 2.49. The van der Waals surface area contributed by atoms with Crippen LogP contribution in [0.4, 0.5) is 0 Å². The molecule has 0 radical (unpaired) electrons. The molecule has 0 saturated carbocycles. The number of terminal acetylenes is 1. The third-order valence-corrected chi connectivity index (χ3v) is 1.71. The fourth-order valence-corrected chi connectivity index (χ4v) is 1.12. The number of rotatable bonds is 0. The molecule has 2 rings (SSSR count). The molecule has 58 valence electrons. The van der Waals surface area contributed by atoms with Crippen LogP contribution >= 0.6 is 11.6 Å². The zero-order chi connectivity index (χ0) is 8.55. The van der Waals surface area contributed by atoms with Crippen molar-refractivity contribution in [3.8, 4) is 12.3 Å². The molecule has 0 fully saturated rings. The fourth-order valence-electron chi connectivity index (χ4n) is 0.972. The van der Waals surface area contributed by atoms with Crippen molar-refractivity contribution >= 4 is 17.2 Å². The van der Waals surface area contributed by atoms with E-state index >= 15 is 0 Å². The van der Waals surface area contributed by atoms with Gasteiger partial charge in [-0.25, -0.2) is 9.97 Å². The fraction of sp³-hybridized carbons (Fsp3) is 0. The molecular formula is C8H4ClN3. The second-order valence-electron chi connectivity index (χ2n) is 2.23. The van der Waals surface area contributed by atoms with Gasteiger partial charge in [0.2, 0.25) is 0 Å². The zero-order valence-electron chi connectivity index (χ0n) is 6.03. The van der Waals surface area contributed by atoms with E-state index in [0.717, 1.165) is 0 Å². The molecule has 0 saturated heterocycles. The predicted molar refractivity (Wildman–Crippen MR) is 45.9 cm³/mol. The van der Waals surface area contributed by atoms with Crippen molar-refractivity contribution < 1.29 is 0 Å². The van der Waals surface area contributed by atoms with Gasteiger partial charge in [-0.05, 0) is 0 Å². The average molecular weight is 178 g/mol. The lowest BCUT2D eigenvalue weighted by atomic mass is 10.5. The van der Waals surface area contributed by atoms with Crippen molar-refractivity contribution in [2.75, 3.05) is 0 Å². The van der Waals surface area contributed by atoms with Gasteiger partial charge in [-0.1, -0.05) is 17.5 Å². The summed E-state index contributed by atoms with van der Waals surface area (Å²) in [5, 5.41) is 0.400. The Hall–Kier alpha value is -1.53. The normalized spacial score (nSPS) is 10.0. The largest absolute Gasteiger partial charge is 0.289 e. The van der Waals surface area contributed by atoms with Crippen molar-refractivity contribution in [2.45, 2.75) is 0 Å². The van der Waals surface area contributed by atoms with Gasteiger partial charge >= 0.3 is 0 Å². The molecule has 0 spiro atoms. The van der Waals surface area contributed by atoms with E-state index in [-0.39, 0.29) is 0 Å². The van der Waals surface area contributed by atoms with Crippen LogP contribution in [0.2, 0.25) is 5.15 Å². The lowest BCUT2D eigenvalue weighted by molar-refractivity contribution is 1.11. The molecule has 0 aliphatic rings. The van der Waals surface area contributed by atoms with Gasteiger partial charge in [-0.2, -0.15) is 0 Å². The van der Waals surface area contributed by atoms with Gasteiger partial charge in [-0.3, -0.25) is 4.40 Å². The Kier molecular flexibility index (Phi) is 1.49. The molecule has 0 amide bonds. The number of hydrogen-bond acceptors (Lipinski definition) is 2. The second kappa shape index (κ2) is 2.50. The molecule has 4 heteroatoms. The van der Waals surface area contributed by atoms with Crippen LogP contribution in [0, 0.1) is 12.3 Å². The third kappa shape index (κ3) is 0.936. The minimum Gasteiger partial charge on any atom is -0.289 e. The molecule has 0 aliphatic heterocycles. The van der Waals surface area contributed by atoms with E-state index in [1.807, 2.05) is 0 Å². The summed E-state index contributed by atoms with van der Waals surface area (Å²) in [5.41, 5.74) is 1.38. The summed E-state index contributed by atoms with van der Waals surface area (Å²) in [6, 6.07) is 0. The van der Waals surface area contributed by atoms with Gasteiger partial charge in [-0.15, -0.1) is 6.42 Å². The lowest BCUT2D eigenvalue weighted by Crippen LogP contribution is -1.88. The van der Waals surface area contributed by atoms with Gasteiger partial charge in [0.15, 0.2) is 5.65 Å². The van der Waals surface area contributed by atoms with Crippen LogP contribution in [0.1, 0.15) is 5.69 Å². The number of fused-ring (bicyclic) bond motifs is 1. The van der Waals surface area contributed by atoms with E-state index in [0.29, 0.717) is 16.5 Å². The average Bonchev–Trinajstić information content (AvgIpc) is 2.46. The van der Waals surface area contributed by atoms with E-state index in [4.69, 9.17) is 18.0 Å². The Balaban J connectivity index is 2.86. The number of halogens is 1. The highest BCUT2D eigenvalue weighted by molar-refractivity contribution is 6.29. The Bertz CT molecular complexity index is 467. The van der Waals surface area contributed by atoms with Crippen LogP contribution in [0.3, 0.4) is 0 Å². The molecule has 0 unspecified atom stereocenters. The molecule has 0 bridgehead atoms. The third-order valence-electron chi connectivity index (χ3n) is 1.51. The quantitative estimate of drug-likeness (QED) is 0.569. The number of nitrogens with zero attached hydrogens (tertiary/aromatic N) is 3. The van der Waals surface area contributed by atoms with Crippen LogP contribution in [-0.2, 0) is 0 Å². The summed E-state index contributed by atoms with van der Waals surface area (Å²) >= 11 is 5.68. The minimum atomic E-state index is 0.400. The molecule has 0 atom stereocenters. The van der Waals surface area contributed by atoms with E-state index < -0.39 is 0 Å². The van der Waals surface area contributed by atoms with E-state index in [2.05, 4.69) is 15.9 Å². The molecular weight excluding hydrogens is 174 g/mol. The maximum absolute atomic E-state index is 5.68. The maximum atomic E-state index is 5.68. The molecule has 0 aliphatic carbocycles. The van der Waals surface area contributed by atoms with Crippen LogP contribution < -0.4 is 0 Å². The summed E-state index contributed by atoms with van der Waals surface area (Å²) in [6.07, 6.45) is 10.1. The Morgan fingerprint density at radius 3 is 3.00 bits per heavy atom. The van der Waals surface area contributed by atoms with E-state index in [1.54, 1.807) is 23.0 Å². The first-order valence-electron chi connectivity index (χ1n) is 3.26. The van der Waals surface area contributed by atoms with Crippen LogP contribution in [-0.4, -0.2) is 14.4 Å². The first kappa shape index (κ1) is 7.14. The van der Waals surface area contributed by atoms with Crippen molar-refractivity contribution in [2.24, 2.45) is 0 Å². The highest BCUT2D eigenvalue weighted by Crippen LogP contribution is 2.08. The van der Waals surface area contributed by atoms with Gasteiger partial charge in [0.25, 0.3) is 0 Å². The van der Waals surface area contributed by atoms with Crippen molar-refractivity contribution in [3.05, 3.63) is 29.4 Å². The molecule has 0 aromatic carbocycles. The van der Waals surface area contributed by atoms with Gasteiger partial charge in [0, 0.05) is 6.20 Å². The standard InChI is InChI=1S/C8H4ClN3/c1-2-6-3-11-8-4-10-7(9)5-12(6)8/h1,3-5H. The van der Waals surface area contributed by atoms with Crippen molar-refractivity contribution in [1.82, 2.24) is 14.4 Å². The summed E-state index contributed by atoms with van der Waals surface area (Å²) in [7, 11) is 0.